The number of aliphatic carboxylic acids is 1. The summed E-state index contributed by atoms with van der Waals surface area (Å²) in [6.45, 7) is 4.73. The molecule has 14 nitrogen and oxygen atoms in total. The van der Waals surface area contributed by atoms with Gasteiger partial charge in [-0.15, -0.1) is 0 Å². The van der Waals surface area contributed by atoms with Crippen molar-refractivity contribution in [3.8, 4) is 23.0 Å². The number of rotatable bonds is 14. The number of esters is 2. The highest BCUT2D eigenvalue weighted by molar-refractivity contribution is 6.18. The molecule has 0 bridgehead atoms. The van der Waals surface area contributed by atoms with Crippen LogP contribution < -0.4 is 15.4 Å². The van der Waals surface area contributed by atoms with Crippen LogP contribution in [0.1, 0.15) is 86.5 Å². The lowest BCUT2D eigenvalue weighted by molar-refractivity contribution is -0.192. The van der Waals surface area contributed by atoms with E-state index in [0.717, 1.165) is 18.9 Å². The number of ketones is 1. The number of unbranched alkanes of at least 4 members (excludes halogenated alkanes) is 2. The molecule has 2 atom stereocenters. The van der Waals surface area contributed by atoms with Gasteiger partial charge < -0.3 is 45.3 Å². The summed E-state index contributed by atoms with van der Waals surface area (Å²) < 4.78 is 48.5. The van der Waals surface area contributed by atoms with E-state index in [9.17, 15) is 47.7 Å². The zero-order valence-electron chi connectivity index (χ0n) is 28.7. The first-order chi connectivity index (χ1) is 25.1. The van der Waals surface area contributed by atoms with Gasteiger partial charge in [0.25, 0.3) is 5.91 Å². The highest BCUT2D eigenvalue weighted by Crippen LogP contribution is 2.36. The highest BCUT2D eigenvalue weighted by atomic mass is 19.4. The molecule has 1 aliphatic heterocycles. The summed E-state index contributed by atoms with van der Waals surface area (Å²) in [7, 11) is 0. The molecule has 1 aliphatic rings. The van der Waals surface area contributed by atoms with Gasteiger partial charge in [-0.1, -0.05) is 32.8 Å². The summed E-state index contributed by atoms with van der Waals surface area (Å²) in [6, 6.07) is 11.4. The number of carbonyl (C=O) groups excluding carboxylic acids is 4. The minimum atomic E-state index is -5.08. The first-order valence-corrected chi connectivity index (χ1v) is 16.4. The predicted octanol–water partition coefficient (Wildman–Crippen LogP) is 4.73. The molecule has 3 aromatic carbocycles. The van der Waals surface area contributed by atoms with E-state index in [0.29, 0.717) is 24.9 Å². The van der Waals surface area contributed by atoms with Gasteiger partial charge in [-0.2, -0.15) is 13.2 Å². The first kappa shape index (κ1) is 41.6. The Bertz CT molecular complexity index is 1780. The van der Waals surface area contributed by atoms with Crippen LogP contribution in [0, 0.1) is 0 Å². The lowest BCUT2D eigenvalue weighted by Crippen LogP contribution is -2.44. The Morgan fingerprint density at radius 2 is 1.47 bits per heavy atom. The van der Waals surface area contributed by atoms with Crippen LogP contribution in [0.5, 0.6) is 23.0 Å². The molecule has 17 heteroatoms. The standard InChI is InChI=1S/C34H38N2O10.C2HF3O2/c1-3-5-14-44-27-17-21(33(42)46-28-19-35-18-24(28)36-32(41)20-10-12-22(37)13-11-20)16-26(39)30(27)31(40)29-23(8-7-9-25(29)38)34(43)45-15-6-4-2;3-2(4,5)1(6)7/h7-13,16-17,24,28,35,37-39H,3-6,14-15,18-19H2,1-2H3,(H,36,41);(H,6,7)/t24-,28-;/m0./s1. The molecular formula is C36H39F3N2O12. The van der Waals surface area contributed by atoms with Crippen molar-refractivity contribution >= 4 is 29.6 Å². The molecule has 1 fully saturated rings. The van der Waals surface area contributed by atoms with Crippen LogP contribution in [0.15, 0.2) is 54.6 Å². The third-order valence-corrected chi connectivity index (χ3v) is 7.63. The maximum Gasteiger partial charge on any atom is 0.490 e. The van der Waals surface area contributed by atoms with Gasteiger partial charge in [0.2, 0.25) is 5.78 Å². The van der Waals surface area contributed by atoms with Crippen molar-refractivity contribution in [2.24, 2.45) is 0 Å². The normalized spacial score (nSPS) is 15.0. The molecule has 0 aliphatic carbocycles. The largest absolute Gasteiger partial charge is 0.508 e. The number of carboxylic acids is 1. The molecule has 1 saturated heterocycles. The van der Waals surface area contributed by atoms with Crippen LogP contribution in [0.3, 0.4) is 0 Å². The molecular weight excluding hydrogens is 709 g/mol. The molecule has 3 aromatic rings. The fourth-order valence-electron chi connectivity index (χ4n) is 4.84. The zero-order chi connectivity index (χ0) is 39.3. The molecule has 0 aromatic heterocycles. The monoisotopic (exact) mass is 748 g/mol. The number of halogens is 3. The average Bonchev–Trinajstić information content (AvgIpc) is 3.53. The SMILES string of the molecule is CCCCOC(=O)c1cccc(O)c1C(=O)c1c(O)cc(C(=O)O[C@H]2CNC[C@@H]2NC(=O)c2ccc(O)cc2)cc1OCCCC.O=C(O)C(F)(F)F. The maximum atomic E-state index is 13.9. The lowest BCUT2D eigenvalue weighted by atomic mass is 9.95. The molecule has 1 heterocycles. The van der Waals surface area contributed by atoms with Crippen molar-refractivity contribution in [2.75, 3.05) is 26.3 Å². The molecule has 53 heavy (non-hydrogen) atoms. The Labute approximate surface area is 301 Å². The van der Waals surface area contributed by atoms with Gasteiger partial charge in [0.05, 0.1) is 35.9 Å². The number of ether oxygens (including phenoxy) is 3. The van der Waals surface area contributed by atoms with Crippen molar-refractivity contribution in [1.82, 2.24) is 10.6 Å². The quantitative estimate of drug-likeness (QED) is 0.0748. The van der Waals surface area contributed by atoms with Gasteiger partial charge in [-0.3, -0.25) is 9.59 Å². The first-order valence-electron chi connectivity index (χ1n) is 16.4. The summed E-state index contributed by atoms with van der Waals surface area (Å²) in [6.07, 6.45) is -3.08. The van der Waals surface area contributed by atoms with Gasteiger partial charge in [0.1, 0.15) is 34.7 Å². The number of phenols is 3. The van der Waals surface area contributed by atoms with E-state index in [2.05, 4.69) is 10.6 Å². The Kier molecular flexibility index (Phi) is 15.0. The molecule has 0 spiro atoms. The van der Waals surface area contributed by atoms with E-state index in [1.165, 1.54) is 48.5 Å². The van der Waals surface area contributed by atoms with E-state index < -0.39 is 59.4 Å². The summed E-state index contributed by atoms with van der Waals surface area (Å²) in [5.74, 6) is -6.96. The zero-order valence-corrected chi connectivity index (χ0v) is 28.7. The number of aromatic hydroxyl groups is 3. The minimum absolute atomic E-state index is 0.0193. The molecule has 4 rings (SSSR count). The Morgan fingerprint density at radius 1 is 0.830 bits per heavy atom. The van der Waals surface area contributed by atoms with Crippen molar-refractivity contribution in [2.45, 2.75) is 57.9 Å². The average molecular weight is 749 g/mol. The van der Waals surface area contributed by atoms with Crippen molar-refractivity contribution in [3.63, 3.8) is 0 Å². The second-order valence-electron chi connectivity index (χ2n) is 11.6. The molecule has 0 radical (unpaired) electrons. The summed E-state index contributed by atoms with van der Waals surface area (Å²) in [5.41, 5.74) is -0.710. The van der Waals surface area contributed by atoms with Gasteiger partial charge in [0, 0.05) is 18.7 Å². The minimum Gasteiger partial charge on any atom is -0.508 e. The number of hydrogen-bond acceptors (Lipinski definition) is 12. The van der Waals surface area contributed by atoms with E-state index in [4.69, 9.17) is 24.1 Å². The number of carbonyl (C=O) groups is 5. The van der Waals surface area contributed by atoms with E-state index >= 15 is 0 Å². The molecule has 6 N–H and O–H groups in total. The number of carboxylic acid groups (broad SMARTS) is 1. The number of benzene rings is 3. The fourth-order valence-corrected chi connectivity index (χ4v) is 4.84. The van der Waals surface area contributed by atoms with Crippen molar-refractivity contribution < 1.29 is 71.8 Å². The molecule has 286 valence electrons. The van der Waals surface area contributed by atoms with E-state index in [-0.39, 0.29) is 53.5 Å². The van der Waals surface area contributed by atoms with Crippen LogP contribution >= 0.6 is 0 Å². The van der Waals surface area contributed by atoms with Crippen LogP contribution in [0.2, 0.25) is 0 Å². The smallest absolute Gasteiger partial charge is 0.490 e. The van der Waals surface area contributed by atoms with Crippen molar-refractivity contribution in [1.29, 1.82) is 0 Å². The van der Waals surface area contributed by atoms with Crippen LogP contribution in [-0.4, -0.2) is 94.6 Å². The number of hydrogen-bond donors (Lipinski definition) is 6. The van der Waals surface area contributed by atoms with Crippen LogP contribution in [-0.2, 0) is 14.3 Å². The maximum absolute atomic E-state index is 13.9. The number of phenolic OH excluding ortho intramolecular Hbond substituents is 3. The Balaban J connectivity index is 0.000000980. The van der Waals surface area contributed by atoms with E-state index in [1.807, 2.05) is 13.8 Å². The van der Waals surface area contributed by atoms with Gasteiger partial charge in [-0.25, -0.2) is 14.4 Å². The summed E-state index contributed by atoms with van der Waals surface area (Å²) >= 11 is 0. The molecule has 1 amide bonds. The summed E-state index contributed by atoms with van der Waals surface area (Å²) in [5, 5.41) is 44.2. The lowest BCUT2D eigenvalue weighted by Gasteiger charge is -2.21. The Hall–Kier alpha value is -5.84. The number of amides is 1. The third-order valence-electron chi connectivity index (χ3n) is 7.63. The van der Waals surface area contributed by atoms with Crippen molar-refractivity contribution in [3.05, 3.63) is 82.4 Å². The van der Waals surface area contributed by atoms with E-state index in [1.54, 1.807) is 0 Å². The van der Waals surface area contributed by atoms with Crippen LogP contribution in [0.25, 0.3) is 0 Å². The second kappa shape index (κ2) is 19.1. The second-order valence-corrected chi connectivity index (χ2v) is 11.6. The number of nitrogens with one attached hydrogen (secondary N) is 2. The topological polar surface area (TPSA) is 218 Å². The van der Waals surface area contributed by atoms with Gasteiger partial charge in [-0.05, 0) is 61.4 Å². The van der Waals surface area contributed by atoms with Gasteiger partial charge in [0.15, 0.2) is 0 Å². The van der Waals surface area contributed by atoms with Gasteiger partial charge >= 0.3 is 24.1 Å². The third kappa shape index (κ3) is 11.6. The fraction of sp³-hybridized carbons (Fsp3) is 0.361. The Morgan fingerprint density at radius 3 is 2.09 bits per heavy atom. The summed E-state index contributed by atoms with van der Waals surface area (Å²) in [4.78, 5) is 61.6. The molecule has 0 saturated carbocycles. The highest BCUT2D eigenvalue weighted by Gasteiger charge is 2.38. The number of alkyl halides is 3. The molecule has 0 unspecified atom stereocenters. The van der Waals surface area contributed by atoms with Crippen LogP contribution in [0.4, 0.5) is 13.2 Å². The predicted molar refractivity (Wildman–Crippen MR) is 180 cm³/mol.